The van der Waals surface area contributed by atoms with E-state index < -0.39 is 97.0 Å². The van der Waals surface area contributed by atoms with Crippen molar-refractivity contribution in [3.05, 3.63) is 36.2 Å². The molecule has 0 bridgehead atoms. The van der Waals surface area contributed by atoms with Crippen molar-refractivity contribution in [3.8, 4) is 23.7 Å². The van der Waals surface area contributed by atoms with Crippen molar-refractivity contribution in [2.24, 2.45) is 11.5 Å². The summed E-state index contributed by atoms with van der Waals surface area (Å²) in [4.78, 5) is 95.6. The van der Waals surface area contributed by atoms with Gasteiger partial charge in [0.25, 0.3) is 15.6 Å². The van der Waals surface area contributed by atoms with Crippen LogP contribution in [-0.4, -0.2) is 121 Å². The highest BCUT2D eigenvalue weighted by Gasteiger charge is 2.45. The fourth-order valence-electron chi connectivity index (χ4n) is 6.76. The molecule has 4 aromatic heterocycles. The van der Waals surface area contributed by atoms with Crippen molar-refractivity contribution in [2.45, 2.75) is 49.7 Å². The molecule has 0 aromatic carbocycles. The summed E-state index contributed by atoms with van der Waals surface area (Å²) in [7, 11) is -32.9. The number of phosphoric acid groups is 6. The van der Waals surface area contributed by atoms with Gasteiger partial charge in [-0.2, -0.15) is 8.62 Å². The number of aromatic nitrogens is 6. The fraction of sp³-hybridized carbons (Fsp3) is 0.467. The quantitative estimate of drug-likeness (QED) is 0.0150. The first-order valence-electron chi connectivity index (χ1n) is 19.5. The van der Waals surface area contributed by atoms with E-state index in [0.29, 0.717) is 21.9 Å². The van der Waals surface area contributed by atoms with Gasteiger partial charge in [-0.3, -0.25) is 18.2 Å². The normalized spacial score (nSPS) is 25.2. The topological polar surface area (TPSA) is 528 Å². The number of nitrogens with two attached hydrogens (primary N) is 4. The minimum Gasteiger partial charge on any atom is -0.756 e. The highest BCUT2D eigenvalue weighted by Crippen LogP contribution is 2.66. The largest absolute Gasteiger partial charge is 0.756 e. The van der Waals surface area contributed by atoms with Gasteiger partial charge in [0.15, 0.2) is 0 Å². The maximum atomic E-state index is 12.6. The Labute approximate surface area is 412 Å². The monoisotopic (exact) mass is 1170 g/mol. The van der Waals surface area contributed by atoms with Crippen LogP contribution in [0, 0.1) is 23.7 Å². The van der Waals surface area contributed by atoms with Crippen LogP contribution in [0.2, 0.25) is 0 Å². The van der Waals surface area contributed by atoms with Crippen LogP contribution in [0.4, 0.5) is 11.6 Å². The lowest BCUT2D eigenvalue weighted by Crippen LogP contribution is -2.29. The van der Waals surface area contributed by atoms with Crippen molar-refractivity contribution in [1.82, 2.24) is 29.1 Å². The van der Waals surface area contributed by atoms with Crippen LogP contribution in [0.3, 0.4) is 0 Å². The molecular formula is C30H40N10O24P6S2-2. The minimum atomic E-state index is -5.94. The van der Waals surface area contributed by atoms with Gasteiger partial charge in [0.05, 0.1) is 60.4 Å². The summed E-state index contributed by atoms with van der Waals surface area (Å²) in [5.41, 5.74) is 24.6. The predicted molar refractivity (Wildman–Crippen MR) is 243 cm³/mol. The van der Waals surface area contributed by atoms with Crippen molar-refractivity contribution >= 4 is 102 Å². The number of hydrogen-bond donors (Lipinski definition) is 10. The van der Waals surface area contributed by atoms with Gasteiger partial charge in [-0.25, -0.2) is 46.8 Å². The van der Waals surface area contributed by atoms with E-state index in [1.54, 1.807) is 0 Å². The van der Waals surface area contributed by atoms with Gasteiger partial charge in [-0.05, 0) is 0 Å². The van der Waals surface area contributed by atoms with E-state index >= 15 is 0 Å². The lowest BCUT2D eigenvalue weighted by atomic mass is 10.2. The second-order valence-corrected chi connectivity index (χ2v) is 25.3. The number of phosphoric ester groups is 2. The van der Waals surface area contributed by atoms with Crippen LogP contribution in [-0.2, 0) is 72.6 Å². The zero-order chi connectivity index (χ0) is 52.9. The number of hydrogen-bond acceptors (Lipinski definition) is 28. The molecule has 6 heterocycles. The summed E-state index contributed by atoms with van der Waals surface area (Å²) < 4.78 is 123. The summed E-state index contributed by atoms with van der Waals surface area (Å²) in [6.45, 7) is -1.83. The molecule has 6 rings (SSSR count). The van der Waals surface area contributed by atoms with Crippen molar-refractivity contribution in [2.75, 3.05) is 49.6 Å². The molecule has 0 radical (unpaired) electrons. The Balaban J connectivity index is 1.15. The van der Waals surface area contributed by atoms with Crippen LogP contribution in [0.25, 0.3) is 22.1 Å². The summed E-state index contributed by atoms with van der Waals surface area (Å²) in [6.07, 6.45) is -1.25. The van der Waals surface area contributed by atoms with E-state index in [-0.39, 0.29) is 60.7 Å². The van der Waals surface area contributed by atoms with Crippen LogP contribution in [0.15, 0.2) is 25.0 Å². The third-order valence-corrected chi connectivity index (χ3v) is 18.5. The van der Waals surface area contributed by atoms with Crippen molar-refractivity contribution < 1.29 is 112 Å². The summed E-state index contributed by atoms with van der Waals surface area (Å²) >= 11 is 0. The Bertz CT molecular complexity index is 2850. The first-order valence-corrected chi connectivity index (χ1v) is 31.0. The second-order valence-electron chi connectivity index (χ2n) is 14.2. The van der Waals surface area contributed by atoms with E-state index in [1.807, 2.05) is 0 Å². The molecule has 2 aliphatic rings. The predicted octanol–water partition coefficient (Wildman–Crippen LogP) is -0.275. The molecular weight excluding hydrogens is 1130 g/mol. The van der Waals surface area contributed by atoms with Crippen molar-refractivity contribution in [3.63, 3.8) is 0 Å². The number of anilines is 2. The third kappa shape index (κ3) is 16.4. The van der Waals surface area contributed by atoms with E-state index in [4.69, 9.17) is 60.7 Å². The Hall–Kier alpha value is -2.76. The lowest BCUT2D eigenvalue weighted by Gasteiger charge is -2.23. The van der Waals surface area contributed by atoms with Crippen LogP contribution >= 0.6 is 68.5 Å². The molecule has 2 saturated heterocycles. The smallest absolute Gasteiger partial charge is 0.487 e. The molecule has 8 unspecified atom stereocenters. The van der Waals surface area contributed by atoms with Gasteiger partial charge in [0.1, 0.15) is 72.1 Å². The lowest BCUT2D eigenvalue weighted by molar-refractivity contribution is -0.214. The van der Waals surface area contributed by atoms with Crippen molar-refractivity contribution in [1.29, 1.82) is 0 Å². The van der Waals surface area contributed by atoms with Crippen LogP contribution in [0.1, 0.15) is 36.4 Å². The molecule has 42 heteroatoms. The molecule has 2 aliphatic heterocycles. The first-order chi connectivity index (χ1) is 33.6. The standard InChI is InChI=1S/C30H42N10O24P6S2/c31-5-1-3-17-9-39(29-25(17)27(33)35-13-37-29)23-7-19(21(59-23)11-57-67(47,48)63-69(51,52)61-65(41,42)43)55-15-71-72-16-56-20-8-24(40-10-18(4-2-6-32)26-28(34)36-14-38-30(26)40)60-22(20)12-58-68(49,50)64-70(53,54)62-66(44,45)46/h9-10,13-14,19-24H,5-8,11-12,15-16,31-32H2,(H,47,48)(H,49,50)(H,51,52)(H,53,54)(H2,33,35,37)(H2,34,36,38)(H2,41,42,43)(H2,44,45,46)/p-2/t19?,20?,21-,22-,23-,24-/m1/s1. The average Bonchev–Trinajstić information content (AvgIpc) is 4.03. The van der Waals surface area contributed by atoms with Crippen LogP contribution in [0.5, 0.6) is 0 Å². The molecule has 34 nitrogen and oxygen atoms in total. The average molecular weight is 1170 g/mol. The molecule has 12 atom stereocenters. The van der Waals surface area contributed by atoms with Gasteiger partial charge in [0.2, 0.25) is 0 Å². The second kappa shape index (κ2) is 24.1. The molecule has 0 amide bonds. The van der Waals surface area contributed by atoms with Gasteiger partial charge in [-0.15, -0.1) is 0 Å². The molecule has 0 aliphatic carbocycles. The fourth-order valence-corrected chi connectivity index (χ4v) is 14.1. The molecule has 0 saturated carbocycles. The van der Waals surface area contributed by atoms with E-state index in [2.05, 4.69) is 60.9 Å². The molecule has 2 fully saturated rings. The first kappa shape index (κ1) is 58.5. The number of nitrogen functional groups attached to an aromatic ring is 2. The van der Waals surface area contributed by atoms with Gasteiger partial charge in [-0.1, -0.05) is 45.3 Å². The van der Waals surface area contributed by atoms with E-state index in [9.17, 15) is 56.8 Å². The van der Waals surface area contributed by atoms with Gasteiger partial charge < -0.3 is 90.2 Å². The third-order valence-electron chi connectivity index (χ3n) is 9.28. The van der Waals surface area contributed by atoms with E-state index in [0.717, 1.165) is 21.6 Å². The molecule has 14 N–H and O–H groups in total. The summed E-state index contributed by atoms with van der Waals surface area (Å²) in [5.74, 6) is 10.9. The summed E-state index contributed by atoms with van der Waals surface area (Å²) in [5, 5.41) is 0.681. The number of nitrogens with zero attached hydrogens (tertiary/aromatic N) is 6. The Morgan fingerprint density at radius 2 is 1.00 bits per heavy atom. The SMILES string of the molecule is NCC#Cc1cn([C@H]2CC(OCSSCOC3C[C@H](n4cc(C#CCN)c5c(N)ncnc54)O[C@@H]3COP(=O)(O)OP(=O)(O)OP(=O)([O-])O)[C@@H](COP(=O)(O)OP(=O)(O)OP(=O)([O-])O)O2)c2ncnc(N)c12. The Morgan fingerprint density at radius 3 is 1.35 bits per heavy atom. The maximum absolute atomic E-state index is 12.6. The number of ether oxygens (including phenoxy) is 4. The molecule has 398 valence electrons. The zero-order valence-corrected chi connectivity index (χ0v) is 43.0. The highest BCUT2D eigenvalue weighted by molar-refractivity contribution is 8.76. The zero-order valence-electron chi connectivity index (χ0n) is 36.0. The van der Waals surface area contributed by atoms with Crippen LogP contribution < -0.4 is 32.7 Å². The Morgan fingerprint density at radius 1 is 0.625 bits per heavy atom. The molecule has 72 heavy (non-hydrogen) atoms. The highest BCUT2D eigenvalue weighted by atomic mass is 33.1. The minimum absolute atomic E-state index is 0.0111. The van der Waals surface area contributed by atoms with E-state index in [1.165, 1.54) is 34.2 Å². The molecule has 0 spiro atoms. The van der Waals surface area contributed by atoms with Gasteiger partial charge in [0, 0.05) is 25.2 Å². The number of rotatable bonds is 23. The van der Waals surface area contributed by atoms with Gasteiger partial charge >= 0.3 is 31.3 Å². The number of fused-ring (bicyclic) bond motifs is 2. The Kier molecular flexibility index (Phi) is 19.5. The molecule has 4 aromatic rings. The summed E-state index contributed by atoms with van der Waals surface area (Å²) in [6, 6.07) is 0. The maximum Gasteiger partial charge on any atom is 0.487 e.